The maximum atomic E-state index is 12.3. The summed E-state index contributed by atoms with van der Waals surface area (Å²) in [5.41, 5.74) is 1.78. The summed E-state index contributed by atoms with van der Waals surface area (Å²) in [6, 6.07) is 9.69. The molecule has 0 radical (unpaired) electrons. The van der Waals surface area contributed by atoms with Gasteiger partial charge in [0, 0.05) is 29.2 Å². The van der Waals surface area contributed by atoms with Crippen molar-refractivity contribution in [3.8, 4) is 0 Å². The van der Waals surface area contributed by atoms with E-state index in [1.807, 2.05) is 6.07 Å². The van der Waals surface area contributed by atoms with E-state index >= 15 is 0 Å². The monoisotopic (exact) mass is 376 g/mol. The van der Waals surface area contributed by atoms with Gasteiger partial charge < -0.3 is 5.32 Å². The van der Waals surface area contributed by atoms with Crippen molar-refractivity contribution in [3.05, 3.63) is 68.7 Å². The number of hydrogen-bond acceptors (Lipinski definition) is 3. The number of nitrogens with one attached hydrogen (secondary N) is 1. The lowest BCUT2D eigenvalue weighted by Gasteiger charge is -2.08. The lowest BCUT2D eigenvalue weighted by atomic mass is 10.1. The van der Waals surface area contributed by atoms with Crippen LogP contribution in [0.3, 0.4) is 0 Å². The third-order valence-electron chi connectivity index (χ3n) is 4.05. The van der Waals surface area contributed by atoms with Crippen molar-refractivity contribution in [1.29, 1.82) is 0 Å². The highest BCUT2D eigenvalue weighted by Crippen LogP contribution is 2.23. The Hall–Kier alpha value is -2.37. The lowest BCUT2D eigenvalue weighted by Crippen LogP contribution is -2.26. The highest BCUT2D eigenvalue weighted by Gasteiger charge is 2.33. The summed E-state index contributed by atoms with van der Waals surface area (Å²) < 4.78 is 0. The molecule has 7 heteroatoms. The Morgan fingerprint density at radius 3 is 2.48 bits per heavy atom. The Kier molecular flexibility index (Phi) is 4.79. The van der Waals surface area contributed by atoms with Gasteiger partial charge in [-0.05, 0) is 42.3 Å². The number of imide groups is 1. The van der Waals surface area contributed by atoms with Gasteiger partial charge in [0.15, 0.2) is 0 Å². The predicted molar refractivity (Wildman–Crippen MR) is 95.4 cm³/mol. The zero-order valence-corrected chi connectivity index (χ0v) is 14.8. The van der Waals surface area contributed by atoms with Gasteiger partial charge in [0.05, 0.1) is 11.1 Å². The van der Waals surface area contributed by atoms with Crippen molar-refractivity contribution in [2.24, 2.45) is 0 Å². The van der Waals surface area contributed by atoms with Gasteiger partial charge in [0.2, 0.25) is 0 Å². The van der Waals surface area contributed by atoms with Gasteiger partial charge in [0.1, 0.15) is 0 Å². The third-order valence-corrected chi connectivity index (χ3v) is 4.63. The molecule has 0 aliphatic carbocycles. The Morgan fingerprint density at radius 2 is 1.76 bits per heavy atom. The average Bonchev–Trinajstić information content (AvgIpc) is 2.81. The number of rotatable bonds is 4. The molecule has 0 bridgehead atoms. The Bertz CT molecular complexity index is 896. The zero-order chi connectivity index (χ0) is 18.1. The normalized spacial score (nSPS) is 13.2. The molecule has 0 fully saturated rings. The van der Waals surface area contributed by atoms with E-state index in [4.69, 9.17) is 23.2 Å². The van der Waals surface area contributed by atoms with Crippen LogP contribution in [0.4, 0.5) is 0 Å². The maximum absolute atomic E-state index is 12.3. The molecule has 3 rings (SSSR count). The molecule has 2 aromatic carbocycles. The second kappa shape index (κ2) is 6.86. The second-order valence-corrected chi connectivity index (χ2v) is 6.51. The SMILES string of the molecule is CN1C(=O)c2ccc(C(=O)NCCc3ccc(Cl)cc3Cl)cc2C1=O. The van der Waals surface area contributed by atoms with Crippen LogP contribution >= 0.6 is 23.2 Å². The second-order valence-electron chi connectivity index (χ2n) is 5.67. The van der Waals surface area contributed by atoms with Gasteiger partial charge in [-0.3, -0.25) is 19.3 Å². The van der Waals surface area contributed by atoms with Crippen LogP contribution in [0.15, 0.2) is 36.4 Å². The van der Waals surface area contributed by atoms with E-state index < -0.39 is 5.91 Å². The fourth-order valence-electron chi connectivity index (χ4n) is 2.64. The van der Waals surface area contributed by atoms with Crippen LogP contribution in [0.2, 0.25) is 10.0 Å². The van der Waals surface area contributed by atoms with Gasteiger partial charge in [-0.1, -0.05) is 29.3 Å². The van der Waals surface area contributed by atoms with Crippen molar-refractivity contribution in [1.82, 2.24) is 10.2 Å². The van der Waals surface area contributed by atoms with E-state index in [0.29, 0.717) is 34.1 Å². The molecule has 25 heavy (non-hydrogen) atoms. The fraction of sp³-hybridized carbons (Fsp3) is 0.167. The quantitative estimate of drug-likeness (QED) is 0.833. The molecule has 5 nitrogen and oxygen atoms in total. The first-order chi connectivity index (χ1) is 11.9. The average molecular weight is 377 g/mol. The van der Waals surface area contributed by atoms with Crippen LogP contribution in [0.1, 0.15) is 36.6 Å². The van der Waals surface area contributed by atoms with Crippen molar-refractivity contribution in [3.63, 3.8) is 0 Å². The number of hydrogen-bond donors (Lipinski definition) is 1. The van der Waals surface area contributed by atoms with Crippen LogP contribution < -0.4 is 5.32 Å². The van der Waals surface area contributed by atoms with Crippen molar-refractivity contribution in [2.45, 2.75) is 6.42 Å². The summed E-state index contributed by atoms with van der Waals surface area (Å²) >= 11 is 11.9. The molecule has 0 unspecified atom stereocenters. The molecular weight excluding hydrogens is 363 g/mol. The van der Waals surface area contributed by atoms with E-state index in [-0.39, 0.29) is 17.4 Å². The minimum absolute atomic E-state index is 0.251. The predicted octanol–water partition coefficient (Wildman–Crippen LogP) is 3.19. The minimum atomic E-state index is -0.400. The van der Waals surface area contributed by atoms with Crippen LogP contribution in [0.25, 0.3) is 0 Å². The third kappa shape index (κ3) is 3.38. The first kappa shape index (κ1) is 17.5. The van der Waals surface area contributed by atoms with E-state index in [1.165, 1.54) is 25.2 Å². The molecule has 0 saturated heterocycles. The highest BCUT2D eigenvalue weighted by atomic mass is 35.5. The molecule has 0 saturated carbocycles. The number of halogens is 2. The van der Waals surface area contributed by atoms with Gasteiger partial charge in [-0.2, -0.15) is 0 Å². The van der Waals surface area contributed by atoms with Crippen LogP contribution in [0.5, 0.6) is 0 Å². The van der Waals surface area contributed by atoms with Crippen LogP contribution in [0, 0.1) is 0 Å². The number of carbonyl (C=O) groups excluding carboxylic acids is 3. The van der Waals surface area contributed by atoms with E-state index in [2.05, 4.69) is 5.32 Å². The van der Waals surface area contributed by atoms with Gasteiger partial charge in [0.25, 0.3) is 17.7 Å². The van der Waals surface area contributed by atoms with E-state index in [0.717, 1.165) is 10.5 Å². The largest absolute Gasteiger partial charge is 0.352 e. The molecule has 1 aliphatic rings. The Labute approximate surface area is 154 Å². The van der Waals surface area contributed by atoms with Crippen molar-refractivity contribution >= 4 is 40.9 Å². The molecular formula is C18H14Cl2N2O3. The number of amides is 3. The smallest absolute Gasteiger partial charge is 0.261 e. The summed E-state index contributed by atoms with van der Waals surface area (Å²) in [6.45, 7) is 0.379. The Balaban J connectivity index is 1.67. The zero-order valence-electron chi connectivity index (χ0n) is 13.3. The number of nitrogens with zero attached hydrogens (tertiary/aromatic N) is 1. The van der Waals surface area contributed by atoms with Crippen LogP contribution in [-0.4, -0.2) is 36.2 Å². The van der Waals surface area contributed by atoms with Gasteiger partial charge in [-0.15, -0.1) is 0 Å². The number of carbonyl (C=O) groups is 3. The molecule has 0 atom stereocenters. The Morgan fingerprint density at radius 1 is 1.04 bits per heavy atom. The molecule has 0 aromatic heterocycles. The van der Waals surface area contributed by atoms with Crippen molar-refractivity contribution < 1.29 is 14.4 Å². The highest BCUT2D eigenvalue weighted by molar-refractivity contribution is 6.35. The maximum Gasteiger partial charge on any atom is 0.261 e. The molecule has 1 N–H and O–H groups in total. The van der Waals surface area contributed by atoms with Crippen LogP contribution in [-0.2, 0) is 6.42 Å². The molecule has 3 amide bonds. The molecule has 2 aromatic rings. The first-order valence-corrected chi connectivity index (χ1v) is 8.32. The molecule has 128 valence electrons. The minimum Gasteiger partial charge on any atom is -0.352 e. The topological polar surface area (TPSA) is 66.5 Å². The number of benzene rings is 2. The summed E-state index contributed by atoms with van der Waals surface area (Å²) in [5, 5.41) is 3.88. The molecule has 1 heterocycles. The summed E-state index contributed by atoms with van der Waals surface area (Å²) in [5.74, 6) is -1.07. The lowest BCUT2D eigenvalue weighted by molar-refractivity contribution is 0.0693. The fourth-order valence-corrected chi connectivity index (χ4v) is 3.14. The molecule has 1 aliphatic heterocycles. The standard InChI is InChI=1S/C18H14Cl2N2O3/c1-22-17(24)13-5-3-11(8-14(13)18(22)25)16(23)21-7-6-10-2-4-12(19)9-15(10)20/h2-5,8-9H,6-7H2,1H3,(H,21,23). The summed E-state index contributed by atoms with van der Waals surface area (Å²) in [7, 11) is 1.42. The first-order valence-electron chi connectivity index (χ1n) is 7.57. The van der Waals surface area contributed by atoms with E-state index in [9.17, 15) is 14.4 Å². The van der Waals surface area contributed by atoms with Crippen molar-refractivity contribution in [2.75, 3.05) is 13.6 Å². The van der Waals surface area contributed by atoms with Gasteiger partial charge in [-0.25, -0.2) is 0 Å². The van der Waals surface area contributed by atoms with Gasteiger partial charge >= 0.3 is 0 Å². The summed E-state index contributed by atoms with van der Waals surface area (Å²) in [4.78, 5) is 37.2. The summed E-state index contributed by atoms with van der Waals surface area (Å²) in [6.07, 6.45) is 0.548. The van der Waals surface area contributed by atoms with E-state index in [1.54, 1.807) is 12.1 Å². The number of fused-ring (bicyclic) bond motifs is 1. The molecule has 0 spiro atoms.